The van der Waals surface area contributed by atoms with Crippen LogP contribution in [0.25, 0.3) is 0 Å². The van der Waals surface area contributed by atoms with Crippen LogP contribution in [0.2, 0.25) is 5.02 Å². The Morgan fingerprint density at radius 1 is 1.42 bits per heavy atom. The van der Waals surface area contributed by atoms with E-state index in [9.17, 15) is 9.90 Å². The number of benzene rings is 1. The average molecular weight is 379 g/mol. The van der Waals surface area contributed by atoms with Crippen LogP contribution in [-0.4, -0.2) is 38.8 Å². The minimum absolute atomic E-state index is 0.168. The lowest BCUT2D eigenvalue weighted by atomic mass is 10.1. The number of aromatic nitrogens is 2. The first-order valence-corrected chi connectivity index (χ1v) is 8.96. The van der Waals surface area contributed by atoms with Gasteiger partial charge in [-0.2, -0.15) is 5.10 Å². The molecule has 0 unspecified atom stereocenters. The van der Waals surface area contributed by atoms with Gasteiger partial charge in [0.25, 0.3) is 5.91 Å². The van der Waals surface area contributed by atoms with Crippen molar-refractivity contribution in [1.82, 2.24) is 14.7 Å². The molecule has 2 heterocycles. The Labute approximate surface area is 157 Å². The Bertz CT molecular complexity index is 791. The second kappa shape index (κ2) is 8.07. The Kier molecular flexibility index (Phi) is 5.80. The molecule has 0 fully saturated rings. The minimum atomic E-state index is -0.579. The highest BCUT2D eigenvalue weighted by Gasteiger charge is 2.19. The summed E-state index contributed by atoms with van der Waals surface area (Å²) in [7, 11) is 0. The lowest BCUT2D eigenvalue weighted by Crippen LogP contribution is -2.24. The van der Waals surface area contributed by atoms with E-state index in [1.54, 1.807) is 19.1 Å². The zero-order chi connectivity index (χ0) is 18.7. The summed E-state index contributed by atoms with van der Waals surface area (Å²) in [5.41, 5.74) is 7.84. The molecule has 0 saturated carbocycles. The molecule has 2 aromatic rings. The molecule has 1 atom stereocenters. The van der Waals surface area contributed by atoms with Crippen molar-refractivity contribution in [3.05, 3.63) is 46.2 Å². The minimum Gasteiger partial charge on any atom is -0.483 e. The van der Waals surface area contributed by atoms with Crippen molar-refractivity contribution >= 4 is 17.5 Å². The van der Waals surface area contributed by atoms with Gasteiger partial charge in [-0.05, 0) is 37.6 Å². The molecule has 0 aliphatic carbocycles. The van der Waals surface area contributed by atoms with Crippen LogP contribution in [-0.2, 0) is 24.4 Å². The molecule has 1 amide bonds. The van der Waals surface area contributed by atoms with Crippen LogP contribution in [0.3, 0.4) is 0 Å². The first-order chi connectivity index (χ1) is 12.4. The van der Waals surface area contributed by atoms with Crippen molar-refractivity contribution in [3.63, 3.8) is 0 Å². The standard InChI is InChI=1S/C18H23ClN4O3/c1-12(24)16-8-15-10-22(5-2-6-23(15)21-16)9-13-7-14(19)3-4-17(13)26-11-18(20)25/h3-4,7-8,12,24H,2,5-6,9-11H2,1H3,(H2,20,25)/t12-/m0/s1. The fourth-order valence-corrected chi connectivity index (χ4v) is 3.29. The molecule has 1 aromatic heterocycles. The smallest absolute Gasteiger partial charge is 0.255 e. The van der Waals surface area contributed by atoms with Gasteiger partial charge in [-0.25, -0.2) is 0 Å². The summed E-state index contributed by atoms with van der Waals surface area (Å²) >= 11 is 6.14. The number of halogens is 1. The van der Waals surface area contributed by atoms with Crippen molar-refractivity contribution in [2.45, 2.75) is 39.1 Å². The fourth-order valence-electron chi connectivity index (χ4n) is 3.09. The van der Waals surface area contributed by atoms with E-state index in [4.69, 9.17) is 22.1 Å². The number of nitrogens with zero attached hydrogens (tertiary/aromatic N) is 3. The Hall–Kier alpha value is -2.09. The van der Waals surface area contributed by atoms with E-state index in [0.29, 0.717) is 29.6 Å². The number of fused-ring (bicyclic) bond motifs is 1. The largest absolute Gasteiger partial charge is 0.483 e. The summed E-state index contributed by atoms with van der Waals surface area (Å²) in [5, 5.41) is 14.8. The van der Waals surface area contributed by atoms with E-state index < -0.39 is 12.0 Å². The quantitative estimate of drug-likeness (QED) is 0.800. The van der Waals surface area contributed by atoms with Gasteiger partial charge in [-0.15, -0.1) is 0 Å². The molecule has 1 aromatic carbocycles. The summed E-state index contributed by atoms with van der Waals surface area (Å²) in [6.45, 7) is 4.60. The molecular weight excluding hydrogens is 356 g/mol. The van der Waals surface area contributed by atoms with Gasteiger partial charge in [0.1, 0.15) is 5.75 Å². The topological polar surface area (TPSA) is 93.6 Å². The maximum absolute atomic E-state index is 11.0. The third-order valence-corrected chi connectivity index (χ3v) is 4.56. The number of amides is 1. The van der Waals surface area contributed by atoms with Crippen LogP contribution >= 0.6 is 11.6 Å². The van der Waals surface area contributed by atoms with Crippen LogP contribution < -0.4 is 10.5 Å². The number of primary amides is 1. The van der Waals surface area contributed by atoms with Gasteiger partial charge in [0, 0.05) is 36.8 Å². The van der Waals surface area contributed by atoms with Crippen LogP contribution in [0.1, 0.15) is 36.4 Å². The molecule has 140 valence electrons. The molecular formula is C18H23ClN4O3. The molecule has 0 radical (unpaired) electrons. The average Bonchev–Trinajstić information content (AvgIpc) is 2.88. The lowest BCUT2D eigenvalue weighted by molar-refractivity contribution is -0.119. The number of ether oxygens (including phenoxy) is 1. The van der Waals surface area contributed by atoms with E-state index in [1.165, 1.54) is 0 Å². The fraction of sp³-hybridized carbons (Fsp3) is 0.444. The van der Waals surface area contributed by atoms with Gasteiger partial charge in [0.2, 0.25) is 0 Å². The van der Waals surface area contributed by atoms with Crippen LogP contribution in [0.5, 0.6) is 5.75 Å². The number of carbonyl (C=O) groups is 1. The molecule has 1 aliphatic heterocycles. The van der Waals surface area contributed by atoms with Crippen LogP contribution in [0, 0.1) is 0 Å². The van der Waals surface area contributed by atoms with E-state index in [1.807, 2.05) is 16.8 Å². The highest BCUT2D eigenvalue weighted by atomic mass is 35.5. The number of hydrogen-bond donors (Lipinski definition) is 2. The predicted octanol–water partition coefficient (Wildman–Crippen LogP) is 1.86. The summed E-state index contributed by atoms with van der Waals surface area (Å²) in [6.07, 6.45) is 0.371. The zero-order valence-electron chi connectivity index (χ0n) is 14.7. The molecule has 1 aliphatic rings. The second-order valence-electron chi connectivity index (χ2n) is 6.53. The lowest BCUT2D eigenvalue weighted by Gasteiger charge is -2.21. The number of nitrogens with two attached hydrogens (primary N) is 1. The number of carbonyl (C=O) groups excluding carboxylic acids is 1. The van der Waals surface area contributed by atoms with Crippen molar-refractivity contribution in [2.75, 3.05) is 13.2 Å². The zero-order valence-corrected chi connectivity index (χ0v) is 15.4. The summed E-state index contributed by atoms with van der Waals surface area (Å²) in [4.78, 5) is 13.3. The summed E-state index contributed by atoms with van der Waals surface area (Å²) in [6, 6.07) is 7.29. The molecule has 8 heteroatoms. The molecule has 7 nitrogen and oxygen atoms in total. The van der Waals surface area contributed by atoms with Gasteiger partial charge in [-0.3, -0.25) is 14.4 Å². The normalized spacial score (nSPS) is 16.0. The molecule has 0 bridgehead atoms. The number of rotatable bonds is 6. The van der Waals surface area contributed by atoms with Crippen LogP contribution in [0.4, 0.5) is 0 Å². The van der Waals surface area contributed by atoms with Crippen molar-refractivity contribution in [1.29, 1.82) is 0 Å². The van der Waals surface area contributed by atoms with Crippen molar-refractivity contribution in [2.24, 2.45) is 5.73 Å². The van der Waals surface area contributed by atoms with Gasteiger partial charge >= 0.3 is 0 Å². The molecule has 0 spiro atoms. The molecule has 3 N–H and O–H groups in total. The highest BCUT2D eigenvalue weighted by Crippen LogP contribution is 2.26. The monoisotopic (exact) mass is 378 g/mol. The van der Waals surface area contributed by atoms with Crippen molar-refractivity contribution in [3.8, 4) is 5.75 Å². The van der Waals surface area contributed by atoms with Gasteiger partial charge in [0.05, 0.1) is 17.5 Å². The van der Waals surface area contributed by atoms with Gasteiger partial charge in [-0.1, -0.05) is 11.6 Å². The van der Waals surface area contributed by atoms with E-state index in [2.05, 4.69) is 10.00 Å². The molecule has 0 saturated heterocycles. The van der Waals surface area contributed by atoms with Crippen LogP contribution in [0.15, 0.2) is 24.3 Å². The second-order valence-corrected chi connectivity index (χ2v) is 6.97. The number of hydrogen-bond acceptors (Lipinski definition) is 5. The highest BCUT2D eigenvalue weighted by molar-refractivity contribution is 6.30. The predicted molar refractivity (Wildman–Crippen MR) is 97.7 cm³/mol. The van der Waals surface area contributed by atoms with Gasteiger partial charge in [0.15, 0.2) is 6.61 Å². The Balaban J connectivity index is 1.77. The summed E-state index contributed by atoms with van der Waals surface area (Å²) < 4.78 is 7.48. The first-order valence-electron chi connectivity index (χ1n) is 8.59. The SMILES string of the molecule is C[C@H](O)c1cc2n(n1)CCCN(Cc1cc(Cl)ccc1OCC(N)=O)C2. The van der Waals surface area contributed by atoms with E-state index >= 15 is 0 Å². The maximum Gasteiger partial charge on any atom is 0.255 e. The number of aliphatic hydroxyl groups is 1. The number of aryl methyl sites for hydroxylation is 1. The summed E-state index contributed by atoms with van der Waals surface area (Å²) in [5.74, 6) is 0.0888. The van der Waals surface area contributed by atoms with E-state index in [-0.39, 0.29) is 6.61 Å². The Morgan fingerprint density at radius 3 is 2.96 bits per heavy atom. The Morgan fingerprint density at radius 2 is 2.23 bits per heavy atom. The first kappa shape index (κ1) is 18.7. The van der Waals surface area contributed by atoms with E-state index in [0.717, 1.165) is 30.8 Å². The third-order valence-electron chi connectivity index (χ3n) is 4.33. The van der Waals surface area contributed by atoms with Crippen molar-refractivity contribution < 1.29 is 14.6 Å². The maximum atomic E-state index is 11.0. The molecule has 3 rings (SSSR count). The number of aliphatic hydroxyl groups excluding tert-OH is 1. The van der Waals surface area contributed by atoms with Gasteiger partial charge < -0.3 is 15.6 Å². The third kappa shape index (κ3) is 4.55. The molecule has 26 heavy (non-hydrogen) atoms.